The Balaban J connectivity index is 1.43. The molecule has 6 heteroatoms. The van der Waals surface area contributed by atoms with Crippen molar-refractivity contribution in [1.29, 1.82) is 0 Å². The number of ketones is 1. The molecule has 1 aliphatic rings. The maximum atomic E-state index is 13.2. The molecule has 32 heavy (non-hydrogen) atoms. The number of aryl methyl sites for hydroxylation is 2. The highest BCUT2D eigenvalue weighted by molar-refractivity contribution is 8.00. The van der Waals surface area contributed by atoms with Crippen LogP contribution < -0.4 is 0 Å². The molecule has 1 aliphatic carbocycles. The van der Waals surface area contributed by atoms with Crippen molar-refractivity contribution in [1.82, 2.24) is 19.7 Å². The van der Waals surface area contributed by atoms with Gasteiger partial charge in [-0.25, -0.2) is 0 Å². The first-order chi connectivity index (χ1) is 15.7. The molecule has 0 bridgehead atoms. The minimum atomic E-state index is -0.265. The van der Waals surface area contributed by atoms with Crippen molar-refractivity contribution >= 4 is 17.5 Å². The molecule has 4 aromatic rings. The minimum absolute atomic E-state index is 0.129. The number of rotatable bonds is 7. The average Bonchev–Trinajstić information content (AvgIpc) is 3.46. The van der Waals surface area contributed by atoms with Crippen LogP contribution >= 0.6 is 11.8 Å². The zero-order valence-electron chi connectivity index (χ0n) is 17.9. The van der Waals surface area contributed by atoms with Crippen LogP contribution in [0.1, 0.15) is 40.4 Å². The van der Waals surface area contributed by atoms with Crippen molar-refractivity contribution in [3.8, 4) is 11.4 Å². The van der Waals surface area contributed by atoms with E-state index in [1.54, 1.807) is 12.4 Å². The fourth-order valence-corrected chi connectivity index (χ4v) is 5.10. The summed E-state index contributed by atoms with van der Waals surface area (Å²) in [6.07, 6.45) is 6.87. The quantitative estimate of drug-likeness (QED) is 0.290. The van der Waals surface area contributed by atoms with E-state index >= 15 is 0 Å². The first-order valence-corrected chi connectivity index (χ1v) is 11.8. The van der Waals surface area contributed by atoms with E-state index < -0.39 is 0 Å². The summed E-state index contributed by atoms with van der Waals surface area (Å²) in [7, 11) is 0. The summed E-state index contributed by atoms with van der Waals surface area (Å²) in [6, 6.07) is 20.3. The number of carbonyl (C=O) groups excluding carboxylic acids is 1. The van der Waals surface area contributed by atoms with Gasteiger partial charge in [0.25, 0.3) is 0 Å². The van der Waals surface area contributed by atoms with Crippen molar-refractivity contribution in [2.75, 3.05) is 0 Å². The van der Waals surface area contributed by atoms with Crippen LogP contribution in [0.2, 0.25) is 0 Å². The fourth-order valence-electron chi connectivity index (χ4n) is 4.17. The molecule has 0 aliphatic heterocycles. The highest BCUT2D eigenvalue weighted by Crippen LogP contribution is 2.30. The van der Waals surface area contributed by atoms with Gasteiger partial charge in [0.15, 0.2) is 16.8 Å². The molecule has 0 N–H and O–H groups in total. The fraction of sp³-hybridized carbons (Fsp3) is 0.231. The lowest BCUT2D eigenvalue weighted by atomic mass is 10.0. The van der Waals surface area contributed by atoms with E-state index in [0.29, 0.717) is 6.54 Å². The Bertz CT molecular complexity index is 1240. The maximum Gasteiger partial charge on any atom is 0.192 e. The molecule has 2 heterocycles. The van der Waals surface area contributed by atoms with Crippen molar-refractivity contribution < 1.29 is 4.79 Å². The summed E-state index contributed by atoms with van der Waals surface area (Å²) in [6.45, 7) is 2.58. The molecule has 0 fully saturated rings. The Labute approximate surface area is 191 Å². The molecule has 0 unspecified atom stereocenters. The molecule has 0 spiro atoms. The second-order valence-corrected chi connectivity index (χ2v) is 9.38. The molecule has 0 amide bonds. The number of thioether (sulfide) groups is 1. The monoisotopic (exact) mass is 440 g/mol. The van der Waals surface area contributed by atoms with E-state index in [0.717, 1.165) is 40.5 Å². The number of pyridine rings is 1. The normalized spacial score (nSPS) is 13.7. The summed E-state index contributed by atoms with van der Waals surface area (Å²) < 4.78 is 2.09. The van der Waals surface area contributed by atoms with Crippen LogP contribution in [-0.2, 0) is 19.4 Å². The molecule has 1 atom stereocenters. The van der Waals surface area contributed by atoms with Gasteiger partial charge in [-0.2, -0.15) is 0 Å². The standard InChI is InChI=1S/C26H24N4OS/c1-18(24(31)23-11-10-20-8-5-9-22(20)16-23)32-26-29-28-25(21-12-14-27-15-13-21)30(26)17-19-6-3-2-4-7-19/h2-4,6-7,10-16,18H,5,8-9,17H2,1H3/t18-/m0/s1. The molecule has 2 aromatic carbocycles. The third kappa shape index (κ3) is 4.23. The summed E-state index contributed by atoms with van der Waals surface area (Å²) in [4.78, 5) is 17.3. The molecule has 2 aromatic heterocycles. The van der Waals surface area contributed by atoms with Gasteiger partial charge in [-0.3, -0.25) is 14.3 Å². The van der Waals surface area contributed by atoms with E-state index in [9.17, 15) is 4.79 Å². The van der Waals surface area contributed by atoms with Gasteiger partial charge in [0.2, 0.25) is 0 Å². The van der Waals surface area contributed by atoms with E-state index in [1.165, 1.54) is 29.3 Å². The van der Waals surface area contributed by atoms with Gasteiger partial charge in [-0.1, -0.05) is 54.2 Å². The van der Waals surface area contributed by atoms with Crippen LogP contribution in [0.25, 0.3) is 11.4 Å². The molecule has 0 radical (unpaired) electrons. The van der Waals surface area contributed by atoms with Crippen molar-refractivity contribution in [2.45, 2.75) is 43.1 Å². The third-order valence-corrected chi connectivity index (χ3v) is 6.95. The lowest BCUT2D eigenvalue weighted by Gasteiger charge is -2.14. The summed E-state index contributed by atoms with van der Waals surface area (Å²) in [5.74, 6) is 0.903. The molecule has 160 valence electrons. The highest BCUT2D eigenvalue weighted by atomic mass is 32.2. The number of Topliss-reactive ketones (excluding diaryl/α,β-unsaturated/α-hetero) is 1. The van der Waals surface area contributed by atoms with E-state index in [-0.39, 0.29) is 11.0 Å². The molecule has 0 saturated carbocycles. The molecule has 5 nitrogen and oxygen atoms in total. The largest absolute Gasteiger partial charge is 0.298 e. The number of hydrogen-bond acceptors (Lipinski definition) is 5. The SMILES string of the molecule is C[C@H](Sc1nnc(-c2ccncc2)n1Cc1ccccc1)C(=O)c1ccc2c(c1)CCC2. The summed E-state index contributed by atoms with van der Waals surface area (Å²) in [5, 5.41) is 9.41. The smallest absolute Gasteiger partial charge is 0.192 e. The molecular weight excluding hydrogens is 416 g/mol. The summed E-state index contributed by atoms with van der Waals surface area (Å²) >= 11 is 1.47. The Morgan fingerprint density at radius 3 is 2.59 bits per heavy atom. The number of aromatic nitrogens is 4. The highest BCUT2D eigenvalue weighted by Gasteiger charge is 2.23. The van der Waals surface area contributed by atoms with Crippen molar-refractivity contribution in [3.05, 3.63) is 95.3 Å². The number of hydrogen-bond donors (Lipinski definition) is 0. The zero-order chi connectivity index (χ0) is 21.9. The minimum Gasteiger partial charge on any atom is -0.298 e. The average molecular weight is 441 g/mol. The van der Waals surface area contributed by atoms with Gasteiger partial charge in [0, 0.05) is 23.5 Å². The van der Waals surface area contributed by atoms with Crippen molar-refractivity contribution in [3.63, 3.8) is 0 Å². The zero-order valence-corrected chi connectivity index (χ0v) is 18.8. The Hall–Kier alpha value is -3.25. The predicted molar refractivity (Wildman–Crippen MR) is 127 cm³/mol. The van der Waals surface area contributed by atoms with Gasteiger partial charge < -0.3 is 0 Å². The number of carbonyl (C=O) groups is 1. The lowest BCUT2D eigenvalue weighted by Crippen LogP contribution is -2.15. The van der Waals surface area contributed by atoms with E-state index in [4.69, 9.17) is 0 Å². The van der Waals surface area contributed by atoms with Crippen LogP contribution in [0.4, 0.5) is 0 Å². The number of benzene rings is 2. The Morgan fingerprint density at radius 2 is 1.78 bits per heavy atom. The van der Waals surface area contributed by atoms with Crippen LogP contribution in [0.5, 0.6) is 0 Å². The predicted octanol–water partition coefficient (Wildman–Crippen LogP) is 5.24. The van der Waals surface area contributed by atoms with Crippen LogP contribution in [0.15, 0.2) is 78.2 Å². The second-order valence-electron chi connectivity index (χ2n) is 8.08. The first kappa shape index (κ1) is 20.6. The lowest BCUT2D eigenvalue weighted by molar-refractivity contribution is 0.0993. The van der Waals surface area contributed by atoms with Crippen LogP contribution in [0.3, 0.4) is 0 Å². The Morgan fingerprint density at radius 1 is 1.00 bits per heavy atom. The van der Waals surface area contributed by atoms with Crippen molar-refractivity contribution in [2.24, 2.45) is 0 Å². The van der Waals surface area contributed by atoms with Gasteiger partial charge in [-0.15, -0.1) is 10.2 Å². The molecule has 5 rings (SSSR count). The second kappa shape index (κ2) is 9.09. The Kier molecular flexibility index (Phi) is 5.86. The van der Waals surface area contributed by atoms with Gasteiger partial charge in [0.1, 0.15) is 0 Å². The summed E-state index contributed by atoms with van der Waals surface area (Å²) in [5.41, 5.74) is 5.59. The van der Waals surface area contributed by atoms with E-state index in [2.05, 4.69) is 44.0 Å². The first-order valence-electron chi connectivity index (χ1n) is 10.9. The third-order valence-electron chi connectivity index (χ3n) is 5.87. The number of nitrogens with zero attached hydrogens (tertiary/aromatic N) is 4. The maximum absolute atomic E-state index is 13.2. The van der Waals surface area contributed by atoms with E-state index in [1.807, 2.05) is 43.3 Å². The van der Waals surface area contributed by atoms with Gasteiger partial charge >= 0.3 is 0 Å². The number of fused-ring (bicyclic) bond motifs is 1. The topological polar surface area (TPSA) is 60.7 Å². The van der Waals surface area contributed by atoms with Gasteiger partial charge in [-0.05, 0) is 61.1 Å². The van der Waals surface area contributed by atoms with Gasteiger partial charge in [0.05, 0.1) is 11.8 Å². The molecular formula is C26H24N4OS. The molecule has 0 saturated heterocycles. The van der Waals surface area contributed by atoms with Crippen LogP contribution in [0, 0.1) is 0 Å². The van der Waals surface area contributed by atoms with Crippen LogP contribution in [-0.4, -0.2) is 30.8 Å².